The largest absolute Gasteiger partial charge is 0.393 e. The third kappa shape index (κ3) is 3.55. The highest BCUT2D eigenvalue weighted by Gasteiger charge is 2.15. The molecule has 0 aromatic rings. The van der Waals surface area contributed by atoms with E-state index in [4.69, 9.17) is 5.11 Å². The lowest BCUT2D eigenvalue weighted by Crippen LogP contribution is -2.34. The fourth-order valence-electron chi connectivity index (χ4n) is 1.66. The molecule has 0 amide bonds. The van der Waals surface area contributed by atoms with Gasteiger partial charge in [-0.15, -0.1) is 0 Å². The summed E-state index contributed by atoms with van der Waals surface area (Å²) in [6.07, 6.45) is 3.46. The average molecular weight is 171 g/mol. The second kappa shape index (κ2) is 4.83. The highest BCUT2D eigenvalue weighted by atomic mass is 16.3. The molecule has 0 spiro atoms. The molecule has 0 bridgehead atoms. The first-order valence-corrected chi connectivity index (χ1v) is 5.09. The maximum Gasteiger partial charge on any atom is 0.0524 e. The SMILES string of the molecule is CC1CCN(CC[C@@H](C)O)CC1. The molecule has 1 atom stereocenters. The van der Waals surface area contributed by atoms with Crippen LogP contribution >= 0.6 is 0 Å². The third-order valence-corrected chi connectivity index (χ3v) is 2.74. The van der Waals surface area contributed by atoms with Crippen LogP contribution in [0.25, 0.3) is 0 Å². The van der Waals surface area contributed by atoms with E-state index >= 15 is 0 Å². The predicted molar refractivity (Wildman–Crippen MR) is 51.1 cm³/mol. The fraction of sp³-hybridized carbons (Fsp3) is 1.00. The number of aliphatic hydroxyl groups excluding tert-OH is 1. The van der Waals surface area contributed by atoms with E-state index < -0.39 is 0 Å². The Bertz CT molecular complexity index is 117. The summed E-state index contributed by atoms with van der Waals surface area (Å²) in [6.45, 7) is 7.73. The Balaban J connectivity index is 2.09. The van der Waals surface area contributed by atoms with E-state index in [2.05, 4.69) is 11.8 Å². The molecule has 1 rings (SSSR count). The molecule has 0 unspecified atom stereocenters. The average Bonchev–Trinajstić information content (AvgIpc) is 2.03. The van der Waals surface area contributed by atoms with Crippen LogP contribution in [0.5, 0.6) is 0 Å². The molecule has 2 nitrogen and oxygen atoms in total. The fourth-order valence-corrected chi connectivity index (χ4v) is 1.66. The van der Waals surface area contributed by atoms with Crippen molar-refractivity contribution in [3.63, 3.8) is 0 Å². The molecule has 0 aromatic carbocycles. The Morgan fingerprint density at radius 1 is 1.42 bits per heavy atom. The van der Waals surface area contributed by atoms with E-state index in [1.54, 1.807) is 0 Å². The van der Waals surface area contributed by atoms with Gasteiger partial charge in [0.2, 0.25) is 0 Å². The highest BCUT2D eigenvalue weighted by molar-refractivity contribution is 4.69. The zero-order valence-corrected chi connectivity index (χ0v) is 8.29. The Kier molecular flexibility index (Phi) is 4.02. The number of hydrogen-bond acceptors (Lipinski definition) is 2. The van der Waals surface area contributed by atoms with Gasteiger partial charge in [-0.2, -0.15) is 0 Å². The van der Waals surface area contributed by atoms with Crippen molar-refractivity contribution >= 4 is 0 Å². The Labute approximate surface area is 75.6 Å². The van der Waals surface area contributed by atoms with E-state index in [0.29, 0.717) is 0 Å². The van der Waals surface area contributed by atoms with Crippen molar-refractivity contribution in [3.8, 4) is 0 Å². The summed E-state index contributed by atoms with van der Waals surface area (Å²) in [5.74, 6) is 0.910. The van der Waals surface area contributed by atoms with Gasteiger partial charge in [0.25, 0.3) is 0 Å². The van der Waals surface area contributed by atoms with Crippen LogP contribution < -0.4 is 0 Å². The molecule has 0 saturated carbocycles. The highest BCUT2D eigenvalue weighted by Crippen LogP contribution is 2.15. The molecule has 1 heterocycles. The van der Waals surface area contributed by atoms with Crippen LogP contribution in [0.4, 0.5) is 0 Å². The summed E-state index contributed by atoms with van der Waals surface area (Å²) in [4.78, 5) is 2.46. The quantitative estimate of drug-likeness (QED) is 0.695. The lowest BCUT2D eigenvalue weighted by molar-refractivity contribution is 0.136. The lowest BCUT2D eigenvalue weighted by atomic mass is 9.99. The maximum atomic E-state index is 9.11. The van der Waals surface area contributed by atoms with E-state index in [1.807, 2.05) is 6.92 Å². The van der Waals surface area contributed by atoms with Gasteiger partial charge < -0.3 is 10.0 Å². The predicted octanol–water partition coefficient (Wildman–Crippen LogP) is 1.49. The van der Waals surface area contributed by atoms with Crippen molar-refractivity contribution in [3.05, 3.63) is 0 Å². The summed E-state index contributed by atoms with van der Waals surface area (Å²) in [5.41, 5.74) is 0. The molecule has 1 aliphatic rings. The van der Waals surface area contributed by atoms with E-state index in [-0.39, 0.29) is 6.10 Å². The van der Waals surface area contributed by atoms with Gasteiger partial charge in [0, 0.05) is 6.54 Å². The van der Waals surface area contributed by atoms with Crippen LogP contribution in [-0.2, 0) is 0 Å². The van der Waals surface area contributed by atoms with Crippen molar-refractivity contribution in [1.82, 2.24) is 4.90 Å². The summed E-state index contributed by atoms with van der Waals surface area (Å²) in [7, 11) is 0. The molecule has 0 aromatic heterocycles. The van der Waals surface area contributed by atoms with Gasteiger partial charge >= 0.3 is 0 Å². The minimum atomic E-state index is -0.135. The lowest BCUT2D eigenvalue weighted by Gasteiger charge is -2.30. The first-order chi connectivity index (χ1) is 5.68. The van der Waals surface area contributed by atoms with Gasteiger partial charge in [0.15, 0.2) is 0 Å². The zero-order chi connectivity index (χ0) is 8.97. The molecule has 0 aliphatic carbocycles. The summed E-state index contributed by atoms with van der Waals surface area (Å²) < 4.78 is 0. The zero-order valence-electron chi connectivity index (χ0n) is 8.29. The van der Waals surface area contributed by atoms with Crippen LogP contribution in [0.15, 0.2) is 0 Å². The first kappa shape index (κ1) is 10.0. The number of piperidine rings is 1. The number of likely N-dealkylation sites (tertiary alicyclic amines) is 1. The molecule has 72 valence electrons. The number of nitrogens with zero attached hydrogens (tertiary/aromatic N) is 1. The Hall–Kier alpha value is -0.0800. The molecule has 1 N–H and O–H groups in total. The molecule has 1 saturated heterocycles. The van der Waals surface area contributed by atoms with Gasteiger partial charge in [-0.3, -0.25) is 0 Å². The van der Waals surface area contributed by atoms with E-state index in [0.717, 1.165) is 18.9 Å². The molecule has 1 aliphatic heterocycles. The first-order valence-electron chi connectivity index (χ1n) is 5.09. The standard InChI is InChI=1S/C10H21NO/c1-9-3-6-11(7-4-9)8-5-10(2)12/h9-10,12H,3-8H2,1-2H3/t10-/m1/s1. The smallest absolute Gasteiger partial charge is 0.0524 e. The van der Waals surface area contributed by atoms with Crippen LogP contribution in [0, 0.1) is 5.92 Å². The molecule has 1 fully saturated rings. The van der Waals surface area contributed by atoms with E-state index in [9.17, 15) is 0 Å². The summed E-state index contributed by atoms with van der Waals surface area (Å²) in [5, 5.41) is 9.11. The van der Waals surface area contributed by atoms with Crippen molar-refractivity contribution in [1.29, 1.82) is 0 Å². The van der Waals surface area contributed by atoms with Gasteiger partial charge in [0.05, 0.1) is 6.10 Å². The maximum absolute atomic E-state index is 9.11. The Morgan fingerprint density at radius 3 is 2.50 bits per heavy atom. The van der Waals surface area contributed by atoms with Gasteiger partial charge in [-0.1, -0.05) is 6.92 Å². The van der Waals surface area contributed by atoms with Crippen LogP contribution in [0.1, 0.15) is 33.1 Å². The van der Waals surface area contributed by atoms with Crippen molar-refractivity contribution in [2.75, 3.05) is 19.6 Å². The Morgan fingerprint density at radius 2 is 2.00 bits per heavy atom. The van der Waals surface area contributed by atoms with Gasteiger partial charge in [0.1, 0.15) is 0 Å². The number of rotatable bonds is 3. The minimum absolute atomic E-state index is 0.135. The second-order valence-electron chi connectivity index (χ2n) is 4.16. The van der Waals surface area contributed by atoms with Crippen LogP contribution in [0.3, 0.4) is 0 Å². The summed E-state index contributed by atoms with van der Waals surface area (Å²) >= 11 is 0. The molecule has 2 heteroatoms. The summed E-state index contributed by atoms with van der Waals surface area (Å²) in [6, 6.07) is 0. The minimum Gasteiger partial charge on any atom is -0.393 e. The number of hydrogen-bond donors (Lipinski definition) is 1. The normalized spacial score (nSPS) is 24.2. The third-order valence-electron chi connectivity index (χ3n) is 2.74. The molecule has 12 heavy (non-hydrogen) atoms. The molecular formula is C10H21NO. The van der Waals surface area contributed by atoms with Gasteiger partial charge in [-0.05, 0) is 45.2 Å². The van der Waals surface area contributed by atoms with Crippen molar-refractivity contribution in [2.24, 2.45) is 5.92 Å². The monoisotopic (exact) mass is 171 g/mol. The molecular weight excluding hydrogens is 150 g/mol. The van der Waals surface area contributed by atoms with Crippen molar-refractivity contribution in [2.45, 2.75) is 39.2 Å². The van der Waals surface area contributed by atoms with E-state index in [1.165, 1.54) is 25.9 Å². The topological polar surface area (TPSA) is 23.5 Å². The second-order valence-corrected chi connectivity index (χ2v) is 4.16. The van der Waals surface area contributed by atoms with Crippen molar-refractivity contribution < 1.29 is 5.11 Å². The van der Waals surface area contributed by atoms with Crippen LogP contribution in [-0.4, -0.2) is 35.7 Å². The molecule has 0 radical (unpaired) electrons. The van der Waals surface area contributed by atoms with Gasteiger partial charge in [-0.25, -0.2) is 0 Å². The van der Waals surface area contributed by atoms with Crippen LogP contribution in [0.2, 0.25) is 0 Å². The number of aliphatic hydroxyl groups is 1.